The Morgan fingerprint density at radius 2 is 1.94 bits per heavy atom. The highest BCUT2D eigenvalue weighted by molar-refractivity contribution is 14.1. The quantitative estimate of drug-likeness (QED) is 0.872. The Hall–Kier alpha value is -1.17. The molecule has 3 nitrogen and oxygen atoms in total. The minimum Gasteiger partial charge on any atom is -0.372 e. The molecule has 0 aliphatic carbocycles. The zero-order valence-corrected chi connectivity index (χ0v) is 12.0. The van der Waals surface area contributed by atoms with Crippen LogP contribution < -0.4 is 5.32 Å². The number of hydrogen-bond donors (Lipinski definition) is 1. The van der Waals surface area contributed by atoms with Gasteiger partial charge in [0.1, 0.15) is 5.82 Å². The third-order valence-corrected chi connectivity index (χ3v) is 3.39. The van der Waals surface area contributed by atoms with E-state index in [1.54, 1.807) is 0 Å². The summed E-state index contributed by atoms with van der Waals surface area (Å²) in [6.07, 6.45) is 2.89. The van der Waals surface area contributed by atoms with E-state index in [2.05, 4.69) is 69.1 Å². The Morgan fingerprint density at radius 1 is 1.24 bits per heavy atom. The number of halogens is 1. The summed E-state index contributed by atoms with van der Waals surface area (Å²) in [5, 5.41) is 3.07. The molecule has 0 amide bonds. The van der Waals surface area contributed by atoms with Crippen LogP contribution in [-0.4, -0.2) is 17.0 Å². The highest BCUT2D eigenvalue weighted by Crippen LogP contribution is 2.20. The fourth-order valence-corrected chi connectivity index (χ4v) is 2.10. The maximum atomic E-state index is 4.49. The van der Waals surface area contributed by atoms with E-state index in [1.165, 1.54) is 5.56 Å². The average Bonchev–Trinajstić information content (AvgIpc) is 2.39. The first kappa shape index (κ1) is 12.3. The van der Waals surface area contributed by atoms with Gasteiger partial charge in [-0.2, -0.15) is 0 Å². The van der Waals surface area contributed by atoms with Crippen molar-refractivity contribution < 1.29 is 0 Å². The Labute approximate surface area is 115 Å². The molecule has 1 N–H and O–H groups in total. The zero-order chi connectivity index (χ0) is 12.3. The van der Waals surface area contributed by atoms with E-state index in [1.807, 2.05) is 13.2 Å². The zero-order valence-electron chi connectivity index (χ0n) is 9.87. The average molecular weight is 339 g/mol. The summed E-state index contributed by atoms with van der Waals surface area (Å²) in [7, 11) is 1.87. The number of rotatable bonds is 3. The lowest BCUT2D eigenvalue weighted by Crippen LogP contribution is -1.99. The van der Waals surface area contributed by atoms with E-state index in [0.29, 0.717) is 0 Å². The van der Waals surface area contributed by atoms with Crippen LogP contribution in [0.15, 0.2) is 30.5 Å². The second kappa shape index (κ2) is 5.44. The summed E-state index contributed by atoms with van der Waals surface area (Å²) in [5.41, 5.74) is 2.38. The molecular formula is C13H14IN3. The first-order chi connectivity index (χ1) is 8.24. The number of aryl methyl sites for hydroxylation is 1. The van der Waals surface area contributed by atoms with Gasteiger partial charge in [0.2, 0.25) is 0 Å². The van der Waals surface area contributed by atoms with Crippen molar-refractivity contribution >= 4 is 28.4 Å². The molecule has 1 heterocycles. The van der Waals surface area contributed by atoms with Gasteiger partial charge in [-0.3, -0.25) is 0 Å². The van der Waals surface area contributed by atoms with Gasteiger partial charge in [-0.1, -0.05) is 31.2 Å². The van der Waals surface area contributed by atoms with Crippen LogP contribution in [0.4, 0.5) is 5.82 Å². The van der Waals surface area contributed by atoms with Crippen molar-refractivity contribution in [2.24, 2.45) is 0 Å². The summed E-state index contributed by atoms with van der Waals surface area (Å²) >= 11 is 2.22. The van der Waals surface area contributed by atoms with Crippen LogP contribution in [0.1, 0.15) is 12.5 Å². The normalized spacial score (nSPS) is 10.3. The van der Waals surface area contributed by atoms with Gasteiger partial charge in [-0.05, 0) is 34.6 Å². The van der Waals surface area contributed by atoms with Crippen LogP contribution in [-0.2, 0) is 6.42 Å². The van der Waals surface area contributed by atoms with Gasteiger partial charge in [-0.15, -0.1) is 0 Å². The lowest BCUT2D eigenvalue weighted by atomic mass is 10.1. The molecule has 0 unspecified atom stereocenters. The maximum Gasteiger partial charge on any atom is 0.161 e. The van der Waals surface area contributed by atoms with E-state index < -0.39 is 0 Å². The second-order valence-electron chi connectivity index (χ2n) is 3.69. The van der Waals surface area contributed by atoms with Gasteiger partial charge >= 0.3 is 0 Å². The molecule has 0 radical (unpaired) electrons. The van der Waals surface area contributed by atoms with Crippen molar-refractivity contribution in [3.8, 4) is 11.4 Å². The van der Waals surface area contributed by atoms with Gasteiger partial charge in [0.25, 0.3) is 0 Å². The van der Waals surface area contributed by atoms with Crippen molar-refractivity contribution in [1.29, 1.82) is 0 Å². The first-order valence-corrected chi connectivity index (χ1v) is 6.62. The number of aromatic nitrogens is 2. The third kappa shape index (κ3) is 2.74. The van der Waals surface area contributed by atoms with Crippen LogP contribution in [0, 0.1) is 3.57 Å². The molecule has 0 saturated heterocycles. The van der Waals surface area contributed by atoms with Gasteiger partial charge in [0.15, 0.2) is 5.82 Å². The molecule has 88 valence electrons. The van der Waals surface area contributed by atoms with Gasteiger partial charge in [0, 0.05) is 18.8 Å². The monoisotopic (exact) mass is 339 g/mol. The second-order valence-corrected chi connectivity index (χ2v) is 4.85. The molecule has 0 aliphatic rings. The molecule has 0 fully saturated rings. The van der Waals surface area contributed by atoms with Gasteiger partial charge in [-0.25, -0.2) is 9.97 Å². The van der Waals surface area contributed by atoms with Crippen molar-refractivity contribution in [2.45, 2.75) is 13.3 Å². The van der Waals surface area contributed by atoms with E-state index >= 15 is 0 Å². The molecule has 4 heteroatoms. The molecule has 0 saturated carbocycles. The molecule has 0 spiro atoms. The maximum absolute atomic E-state index is 4.49. The van der Waals surface area contributed by atoms with E-state index in [4.69, 9.17) is 0 Å². The lowest BCUT2D eigenvalue weighted by Gasteiger charge is -2.06. The third-order valence-electron chi connectivity index (χ3n) is 2.60. The Balaban J connectivity index is 2.38. The predicted molar refractivity (Wildman–Crippen MR) is 79.1 cm³/mol. The lowest BCUT2D eigenvalue weighted by molar-refractivity contribution is 1.13. The Kier molecular flexibility index (Phi) is 3.93. The van der Waals surface area contributed by atoms with Gasteiger partial charge < -0.3 is 5.32 Å². The summed E-state index contributed by atoms with van der Waals surface area (Å²) in [6, 6.07) is 8.38. The summed E-state index contributed by atoms with van der Waals surface area (Å²) in [4.78, 5) is 8.84. The van der Waals surface area contributed by atoms with Crippen molar-refractivity contribution in [3.63, 3.8) is 0 Å². The molecule has 1 aromatic carbocycles. The molecular weight excluding hydrogens is 325 g/mol. The van der Waals surface area contributed by atoms with Crippen LogP contribution >= 0.6 is 22.6 Å². The molecule has 17 heavy (non-hydrogen) atoms. The Bertz CT molecular complexity index is 509. The standard InChI is InChI=1S/C13H14IN3/c1-3-9-4-6-10(7-5-9)12-16-8-11(14)13(15-2)17-12/h4-8H,3H2,1-2H3,(H,15,16,17). The summed E-state index contributed by atoms with van der Waals surface area (Å²) in [6.45, 7) is 2.15. The molecule has 0 bridgehead atoms. The largest absolute Gasteiger partial charge is 0.372 e. The minimum atomic E-state index is 0.761. The van der Waals surface area contributed by atoms with Crippen molar-refractivity contribution in [2.75, 3.05) is 12.4 Å². The van der Waals surface area contributed by atoms with Gasteiger partial charge in [0.05, 0.1) is 3.57 Å². The van der Waals surface area contributed by atoms with Crippen LogP contribution in [0.25, 0.3) is 11.4 Å². The highest BCUT2D eigenvalue weighted by atomic mass is 127. The Morgan fingerprint density at radius 3 is 2.53 bits per heavy atom. The number of hydrogen-bond acceptors (Lipinski definition) is 3. The SMILES string of the molecule is CCc1ccc(-c2ncc(I)c(NC)n2)cc1. The molecule has 0 atom stereocenters. The number of anilines is 1. The molecule has 0 aliphatic heterocycles. The topological polar surface area (TPSA) is 37.8 Å². The fourth-order valence-electron chi connectivity index (χ4n) is 1.57. The molecule has 1 aromatic heterocycles. The predicted octanol–water partition coefficient (Wildman–Crippen LogP) is 3.35. The highest BCUT2D eigenvalue weighted by Gasteiger charge is 2.05. The van der Waals surface area contributed by atoms with Crippen LogP contribution in [0.2, 0.25) is 0 Å². The van der Waals surface area contributed by atoms with E-state index in [9.17, 15) is 0 Å². The number of benzene rings is 1. The van der Waals surface area contributed by atoms with Crippen LogP contribution in [0.5, 0.6) is 0 Å². The number of nitrogens with one attached hydrogen (secondary N) is 1. The molecule has 2 aromatic rings. The minimum absolute atomic E-state index is 0.761. The van der Waals surface area contributed by atoms with Crippen LogP contribution in [0.3, 0.4) is 0 Å². The summed E-state index contributed by atoms with van der Waals surface area (Å²) in [5.74, 6) is 1.63. The van der Waals surface area contributed by atoms with Crippen molar-refractivity contribution in [1.82, 2.24) is 9.97 Å². The summed E-state index contributed by atoms with van der Waals surface area (Å²) < 4.78 is 1.03. The smallest absolute Gasteiger partial charge is 0.161 e. The number of nitrogens with zero attached hydrogens (tertiary/aromatic N) is 2. The van der Waals surface area contributed by atoms with E-state index in [-0.39, 0.29) is 0 Å². The molecule has 2 rings (SSSR count). The fraction of sp³-hybridized carbons (Fsp3) is 0.231. The van der Waals surface area contributed by atoms with Crippen molar-refractivity contribution in [3.05, 3.63) is 39.6 Å². The van der Waals surface area contributed by atoms with E-state index in [0.717, 1.165) is 27.2 Å². The first-order valence-electron chi connectivity index (χ1n) is 5.54.